The molecule has 0 saturated heterocycles. The molecule has 0 saturated carbocycles. The molecule has 6 heteroatoms. The minimum atomic E-state index is -0.340. The Balaban J connectivity index is 1.35. The molecule has 1 amide bonds. The smallest absolute Gasteiger partial charge is 0.409 e. The Labute approximate surface area is 185 Å². The van der Waals surface area contributed by atoms with Crippen molar-refractivity contribution in [1.29, 1.82) is 0 Å². The van der Waals surface area contributed by atoms with E-state index in [9.17, 15) is 4.79 Å². The Bertz CT molecular complexity index is 793. The molecule has 0 bridgehead atoms. The summed E-state index contributed by atoms with van der Waals surface area (Å²) >= 11 is 0. The molecule has 1 aliphatic carbocycles. The van der Waals surface area contributed by atoms with Crippen molar-refractivity contribution in [2.24, 2.45) is 0 Å². The molecule has 0 spiro atoms. The SMILES string of the molecule is CC(C)OCCOCCOCCN(C)C(=O)OCC1c2ccccc2-c2ccccc21. The number of carbonyl (C=O) groups is 1. The minimum Gasteiger partial charge on any atom is -0.448 e. The highest BCUT2D eigenvalue weighted by molar-refractivity contribution is 5.79. The summed E-state index contributed by atoms with van der Waals surface area (Å²) < 4.78 is 22.0. The maximum atomic E-state index is 12.4. The first-order chi connectivity index (χ1) is 15.1. The quantitative estimate of drug-likeness (QED) is 0.472. The number of hydrogen-bond acceptors (Lipinski definition) is 5. The molecule has 0 unspecified atom stereocenters. The van der Waals surface area contributed by atoms with Crippen molar-refractivity contribution in [3.05, 3.63) is 59.7 Å². The molecular formula is C25H33NO5. The second-order valence-electron chi connectivity index (χ2n) is 7.87. The number of nitrogens with zero attached hydrogens (tertiary/aromatic N) is 1. The number of carbonyl (C=O) groups excluding carboxylic acids is 1. The fraction of sp³-hybridized carbons (Fsp3) is 0.480. The Morgan fingerprint density at radius 1 is 0.871 bits per heavy atom. The Morgan fingerprint density at radius 2 is 1.42 bits per heavy atom. The van der Waals surface area contributed by atoms with E-state index in [0.29, 0.717) is 46.2 Å². The van der Waals surface area contributed by atoms with Gasteiger partial charge in [0, 0.05) is 19.5 Å². The van der Waals surface area contributed by atoms with Crippen LogP contribution in [0.1, 0.15) is 30.9 Å². The summed E-state index contributed by atoms with van der Waals surface area (Å²) in [5.41, 5.74) is 4.86. The van der Waals surface area contributed by atoms with Crippen molar-refractivity contribution in [3.8, 4) is 11.1 Å². The molecule has 0 radical (unpaired) electrons. The largest absolute Gasteiger partial charge is 0.448 e. The summed E-state index contributed by atoms with van der Waals surface area (Å²) in [6.45, 7) is 7.36. The van der Waals surface area contributed by atoms with E-state index in [4.69, 9.17) is 18.9 Å². The third kappa shape index (κ3) is 6.53. The van der Waals surface area contributed by atoms with Crippen LogP contribution >= 0.6 is 0 Å². The first-order valence-electron chi connectivity index (χ1n) is 10.9. The molecule has 6 nitrogen and oxygen atoms in total. The number of likely N-dealkylation sites (N-methyl/N-ethyl adjacent to an activating group) is 1. The van der Waals surface area contributed by atoms with Crippen LogP contribution in [0.3, 0.4) is 0 Å². The predicted molar refractivity (Wildman–Crippen MR) is 120 cm³/mol. The van der Waals surface area contributed by atoms with Gasteiger partial charge in [0.05, 0.1) is 39.1 Å². The highest BCUT2D eigenvalue weighted by Gasteiger charge is 2.29. The molecule has 31 heavy (non-hydrogen) atoms. The molecule has 0 N–H and O–H groups in total. The van der Waals surface area contributed by atoms with Gasteiger partial charge in [-0.2, -0.15) is 0 Å². The summed E-state index contributed by atoms with van der Waals surface area (Å²) in [4.78, 5) is 14.0. The van der Waals surface area contributed by atoms with Gasteiger partial charge in [0.1, 0.15) is 6.61 Å². The number of ether oxygens (including phenoxy) is 4. The van der Waals surface area contributed by atoms with Crippen LogP contribution in [0.5, 0.6) is 0 Å². The molecule has 0 heterocycles. The van der Waals surface area contributed by atoms with E-state index in [0.717, 1.165) is 0 Å². The number of fused-ring (bicyclic) bond motifs is 3. The van der Waals surface area contributed by atoms with E-state index in [1.54, 1.807) is 11.9 Å². The second kappa shape index (κ2) is 11.8. The third-order valence-corrected chi connectivity index (χ3v) is 5.27. The van der Waals surface area contributed by atoms with Crippen LogP contribution < -0.4 is 0 Å². The fourth-order valence-corrected chi connectivity index (χ4v) is 3.66. The average molecular weight is 428 g/mol. The lowest BCUT2D eigenvalue weighted by Gasteiger charge is -2.19. The highest BCUT2D eigenvalue weighted by atomic mass is 16.6. The van der Waals surface area contributed by atoms with E-state index >= 15 is 0 Å². The zero-order valence-corrected chi connectivity index (χ0v) is 18.7. The van der Waals surface area contributed by atoms with Gasteiger partial charge in [-0.15, -0.1) is 0 Å². The Kier molecular flexibility index (Phi) is 8.88. The van der Waals surface area contributed by atoms with Crippen molar-refractivity contribution in [3.63, 3.8) is 0 Å². The lowest BCUT2D eigenvalue weighted by molar-refractivity contribution is -0.00340. The number of amides is 1. The van der Waals surface area contributed by atoms with Crippen molar-refractivity contribution >= 4 is 6.09 Å². The zero-order chi connectivity index (χ0) is 22.1. The maximum Gasteiger partial charge on any atom is 0.409 e. The summed E-state index contributed by atoms with van der Waals surface area (Å²) in [6, 6.07) is 16.6. The number of hydrogen-bond donors (Lipinski definition) is 0. The normalized spacial score (nSPS) is 12.6. The molecule has 0 atom stereocenters. The van der Waals surface area contributed by atoms with Crippen LogP contribution in [0.2, 0.25) is 0 Å². The monoisotopic (exact) mass is 427 g/mol. The second-order valence-corrected chi connectivity index (χ2v) is 7.87. The summed E-state index contributed by atoms with van der Waals surface area (Å²) in [6.07, 6.45) is -0.124. The molecule has 3 rings (SSSR count). The third-order valence-electron chi connectivity index (χ3n) is 5.27. The van der Waals surface area contributed by atoms with Gasteiger partial charge in [0.2, 0.25) is 0 Å². The average Bonchev–Trinajstić information content (AvgIpc) is 3.09. The van der Waals surface area contributed by atoms with Gasteiger partial charge in [-0.05, 0) is 36.1 Å². The molecular weight excluding hydrogens is 394 g/mol. The van der Waals surface area contributed by atoms with Crippen molar-refractivity contribution in [2.75, 3.05) is 53.2 Å². The molecule has 1 aliphatic rings. The van der Waals surface area contributed by atoms with E-state index in [2.05, 4.69) is 24.3 Å². The van der Waals surface area contributed by atoms with Gasteiger partial charge in [0.15, 0.2) is 0 Å². The van der Waals surface area contributed by atoms with Crippen LogP contribution in [0.15, 0.2) is 48.5 Å². The van der Waals surface area contributed by atoms with Gasteiger partial charge < -0.3 is 23.8 Å². The Hall–Kier alpha value is -2.41. The zero-order valence-electron chi connectivity index (χ0n) is 18.7. The topological polar surface area (TPSA) is 57.2 Å². The lowest BCUT2D eigenvalue weighted by atomic mass is 9.98. The molecule has 168 valence electrons. The van der Waals surface area contributed by atoms with Crippen LogP contribution in [0.4, 0.5) is 4.79 Å². The first kappa shape index (κ1) is 23.3. The van der Waals surface area contributed by atoms with Gasteiger partial charge >= 0.3 is 6.09 Å². The predicted octanol–water partition coefficient (Wildman–Crippen LogP) is 4.33. The fourth-order valence-electron chi connectivity index (χ4n) is 3.66. The molecule has 2 aromatic rings. The van der Waals surface area contributed by atoms with Crippen LogP contribution in [0.25, 0.3) is 11.1 Å². The number of rotatable bonds is 12. The first-order valence-corrected chi connectivity index (χ1v) is 10.9. The summed E-state index contributed by atoms with van der Waals surface area (Å²) in [7, 11) is 1.72. The lowest BCUT2D eigenvalue weighted by Crippen LogP contribution is -2.32. The summed E-state index contributed by atoms with van der Waals surface area (Å²) in [5.74, 6) is 0.0674. The minimum absolute atomic E-state index is 0.0674. The highest BCUT2D eigenvalue weighted by Crippen LogP contribution is 2.44. The van der Waals surface area contributed by atoms with Crippen molar-refractivity contribution in [2.45, 2.75) is 25.9 Å². The van der Waals surface area contributed by atoms with E-state index in [1.165, 1.54) is 22.3 Å². The molecule has 0 fully saturated rings. The Morgan fingerprint density at radius 3 is 2.03 bits per heavy atom. The van der Waals surface area contributed by atoms with Gasteiger partial charge in [-0.1, -0.05) is 48.5 Å². The molecule has 2 aromatic carbocycles. The maximum absolute atomic E-state index is 12.4. The van der Waals surface area contributed by atoms with E-state index < -0.39 is 0 Å². The summed E-state index contributed by atoms with van der Waals surface area (Å²) in [5, 5.41) is 0. The van der Waals surface area contributed by atoms with Crippen molar-refractivity contribution < 1.29 is 23.7 Å². The van der Waals surface area contributed by atoms with Crippen molar-refractivity contribution in [1.82, 2.24) is 4.90 Å². The van der Waals surface area contributed by atoms with E-state index in [-0.39, 0.29) is 18.1 Å². The van der Waals surface area contributed by atoms with Crippen LogP contribution in [-0.2, 0) is 18.9 Å². The molecule has 0 aromatic heterocycles. The van der Waals surface area contributed by atoms with Crippen LogP contribution in [-0.4, -0.2) is 70.3 Å². The molecule has 0 aliphatic heterocycles. The van der Waals surface area contributed by atoms with E-state index in [1.807, 2.05) is 38.1 Å². The number of benzene rings is 2. The van der Waals surface area contributed by atoms with Gasteiger partial charge in [-0.3, -0.25) is 0 Å². The van der Waals surface area contributed by atoms with Gasteiger partial charge in [0.25, 0.3) is 0 Å². The van der Waals surface area contributed by atoms with Gasteiger partial charge in [-0.25, -0.2) is 4.79 Å². The standard InChI is InChI=1S/C25H33NO5/c1-19(2)30-17-16-29-15-14-28-13-12-26(3)25(27)31-18-24-22-10-6-4-8-20(22)21-9-5-7-11-23(21)24/h4-11,19,24H,12-18H2,1-3H3. The van der Waals surface area contributed by atoms with Crippen LogP contribution in [0, 0.1) is 0 Å².